The summed E-state index contributed by atoms with van der Waals surface area (Å²) in [6.45, 7) is 1.85. The molecule has 1 aromatic rings. The largest absolute Gasteiger partial charge is 0.481 e. The second kappa shape index (κ2) is 8.00. The van der Waals surface area contributed by atoms with Gasteiger partial charge in [-0.25, -0.2) is 0 Å². The predicted molar refractivity (Wildman–Crippen MR) is 84.1 cm³/mol. The normalized spacial score (nSPS) is 11.7. The number of carboxylic acid groups (broad SMARTS) is 1. The summed E-state index contributed by atoms with van der Waals surface area (Å²) in [5.74, 6) is -2.32. The molecule has 0 heterocycles. The molecule has 0 saturated heterocycles. The summed E-state index contributed by atoms with van der Waals surface area (Å²) >= 11 is 0. The molecule has 6 nitrogen and oxygen atoms in total. The minimum absolute atomic E-state index is 0.0286. The summed E-state index contributed by atoms with van der Waals surface area (Å²) in [6.07, 6.45) is -5.44. The van der Waals surface area contributed by atoms with Crippen molar-refractivity contribution in [2.45, 2.75) is 32.9 Å². The number of hydrogen-bond donors (Lipinski definition) is 3. The van der Waals surface area contributed by atoms with Gasteiger partial charge in [0.1, 0.15) is 0 Å². The first-order valence-corrected chi connectivity index (χ1v) is 7.39. The van der Waals surface area contributed by atoms with Gasteiger partial charge in [-0.3, -0.25) is 14.4 Å². The van der Waals surface area contributed by atoms with Crippen LogP contribution in [0, 0.1) is 5.41 Å². The fourth-order valence-corrected chi connectivity index (χ4v) is 1.80. The van der Waals surface area contributed by atoms with Crippen LogP contribution in [0.4, 0.5) is 18.9 Å². The minimum atomic E-state index is -4.50. The van der Waals surface area contributed by atoms with Gasteiger partial charge in [0.2, 0.25) is 5.91 Å². The lowest BCUT2D eigenvalue weighted by Gasteiger charge is -2.26. The summed E-state index contributed by atoms with van der Waals surface area (Å²) < 4.78 is 38.3. The van der Waals surface area contributed by atoms with Crippen LogP contribution in [-0.2, 0) is 9.59 Å². The number of carbonyl (C=O) groups is 3. The fourth-order valence-electron chi connectivity index (χ4n) is 1.80. The highest BCUT2D eigenvalue weighted by atomic mass is 19.4. The van der Waals surface area contributed by atoms with Crippen LogP contribution < -0.4 is 10.6 Å². The van der Waals surface area contributed by atoms with E-state index in [2.05, 4.69) is 10.6 Å². The van der Waals surface area contributed by atoms with Crippen LogP contribution in [0.5, 0.6) is 0 Å². The molecule has 0 aromatic heterocycles. The van der Waals surface area contributed by atoms with E-state index in [1.54, 1.807) is 0 Å². The van der Waals surface area contributed by atoms with Gasteiger partial charge in [-0.05, 0) is 24.3 Å². The number of aliphatic carboxylic acids is 1. The zero-order chi connectivity index (χ0) is 19.3. The van der Waals surface area contributed by atoms with Crippen molar-refractivity contribution in [3.63, 3.8) is 0 Å². The van der Waals surface area contributed by atoms with Crippen LogP contribution in [0.25, 0.3) is 0 Å². The SMILES string of the molecule is CC(C)(CC(=O)Nc1ccc(C(=O)NCCC(=O)O)cc1)C(F)(F)F. The van der Waals surface area contributed by atoms with E-state index in [4.69, 9.17) is 5.11 Å². The van der Waals surface area contributed by atoms with Crippen molar-refractivity contribution in [2.24, 2.45) is 5.41 Å². The summed E-state index contributed by atoms with van der Waals surface area (Å²) in [5, 5.41) is 13.2. The first-order valence-electron chi connectivity index (χ1n) is 7.39. The molecule has 0 bridgehead atoms. The summed E-state index contributed by atoms with van der Waals surface area (Å²) in [6, 6.07) is 5.51. The number of anilines is 1. The third kappa shape index (κ3) is 6.44. The summed E-state index contributed by atoms with van der Waals surface area (Å²) in [4.78, 5) is 33.9. The third-order valence-corrected chi connectivity index (χ3v) is 3.43. The van der Waals surface area contributed by atoms with Crippen LogP contribution >= 0.6 is 0 Å². The molecule has 0 radical (unpaired) electrons. The van der Waals surface area contributed by atoms with Gasteiger partial charge in [0.05, 0.1) is 11.8 Å². The van der Waals surface area contributed by atoms with Crippen molar-refractivity contribution in [1.29, 1.82) is 0 Å². The molecule has 0 aliphatic rings. The number of carboxylic acids is 1. The Balaban J connectivity index is 2.61. The zero-order valence-electron chi connectivity index (χ0n) is 13.7. The standard InChI is InChI=1S/C16H19F3N2O4/c1-15(2,16(17,18)19)9-12(22)21-11-5-3-10(4-6-11)14(25)20-8-7-13(23)24/h3-6H,7-9H2,1-2H3,(H,20,25)(H,21,22)(H,23,24). The molecule has 2 amide bonds. The van der Waals surface area contributed by atoms with Gasteiger partial charge in [0.15, 0.2) is 0 Å². The average Bonchev–Trinajstić information content (AvgIpc) is 2.45. The number of nitrogens with one attached hydrogen (secondary N) is 2. The topological polar surface area (TPSA) is 95.5 Å². The number of halogens is 3. The minimum Gasteiger partial charge on any atom is -0.481 e. The molecule has 138 valence electrons. The number of amides is 2. The van der Waals surface area contributed by atoms with E-state index in [9.17, 15) is 27.6 Å². The molecule has 1 aromatic carbocycles. The predicted octanol–water partition coefficient (Wildman–Crippen LogP) is 2.81. The lowest BCUT2D eigenvalue weighted by Crippen LogP contribution is -2.35. The highest BCUT2D eigenvalue weighted by Gasteiger charge is 2.48. The van der Waals surface area contributed by atoms with Crippen molar-refractivity contribution >= 4 is 23.5 Å². The molecule has 9 heteroatoms. The Labute approximate surface area is 142 Å². The molecule has 0 spiro atoms. The number of rotatable bonds is 7. The molecule has 0 aliphatic heterocycles. The maximum Gasteiger partial charge on any atom is 0.394 e. The van der Waals surface area contributed by atoms with E-state index < -0.39 is 35.8 Å². The maximum absolute atomic E-state index is 12.8. The lowest BCUT2D eigenvalue weighted by molar-refractivity contribution is -0.213. The quantitative estimate of drug-likeness (QED) is 0.697. The van der Waals surface area contributed by atoms with Gasteiger partial charge < -0.3 is 15.7 Å². The van der Waals surface area contributed by atoms with Crippen LogP contribution in [0.2, 0.25) is 0 Å². The smallest absolute Gasteiger partial charge is 0.394 e. The summed E-state index contributed by atoms with van der Waals surface area (Å²) in [7, 11) is 0. The van der Waals surface area contributed by atoms with Crippen LogP contribution in [0.1, 0.15) is 37.0 Å². The van der Waals surface area contributed by atoms with Crippen molar-refractivity contribution in [2.75, 3.05) is 11.9 Å². The Morgan fingerprint density at radius 2 is 1.64 bits per heavy atom. The number of alkyl halides is 3. The Morgan fingerprint density at radius 1 is 1.08 bits per heavy atom. The van der Waals surface area contributed by atoms with Gasteiger partial charge in [-0.15, -0.1) is 0 Å². The fraction of sp³-hybridized carbons (Fsp3) is 0.438. The Kier molecular flexibility index (Phi) is 6.55. The first kappa shape index (κ1) is 20.5. The van der Waals surface area contributed by atoms with Gasteiger partial charge >= 0.3 is 12.1 Å². The maximum atomic E-state index is 12.8. The molecular formula is C16H19F3N2O4. The van der Waals surface area contributed by atoms with E-state index in [1.807, 2.05) is 0 Å². The molecular weight excluding hydrogens is 341 g/mol. The van der Waals surface area contributed by atoms with Crippen molar-refractivity contribution < 1.29 is 32.7 Å². The monoisotopic (exact) mass is 360 g/mol. The van der Waals surface area contributed by atoms with E-state index in [0.29, 0.717) is 0 Å². The molecule has 1 rings (SSSR count). The van der Waals surface area contributed by atoms with Gasteiger partial charge in [0.25, 0.3) is 5.91 Å². The van der Waals surface area contributed by atoms with Crippen molar-refractivity contribution in [3.8, 4) is 0 Å². The number of benzene rings is 1. The van der Waals surface area contributed by atoms with Crippen molar-refractivity contribution in [3.05, 3.63) is 29.8 Å². The Bertz CT molecular complexity index is 640. The van der Waals surface area contributed by atoms with Gasteiger partial charge in [-0.1, -0.05) is 13.8 Å². The van der Waals surface area contributed by atoms with Crippen LogP contribution in [0.15, 0.2) is 24.3 Å². The zero-order valence-corrected chi connectivity index (χ0v) is 13.7. The Morgan fingerprint density at radius 3 is 2.12 bits per heavy atom. The number of hydrogen-bond acceptors (Lipinski definition) is 3. The van der Waals surface area contributed by atoms with Gasteiger partial charge in [0, 0.05) is 24.2 Å². The second-order valence-corrected chi connectivity index (χ2v) is 6.08. The third-order valence-electron chi connectivity index (χ3n) is 3.43. The average molecular weight is 360 g/mol. The molecule has 0 saturated carbocycles. The lowest BCUT2D eigenvalue weighted by atomic mass is 9.88. The molecule has 25 heavy (non-hydrogen) atoms. The van der Waals surface area contributed by atoms with E-state index >= 15 is 0 Å². The first-order chi connectivity index (χ1) is 11.4. The van der Waals surface area contributed by atoms with Crippen LogP contribution in [-0.4, -0.2) is 35.6 Å². The highest BCUT2D eigenvalue weighted by Crippen LogP contribution is 2.40. The summed E-state index contributed by atoms with van der Waals surface area (Å²) in [5.41, 5.74) is -1.66. The Hall–Kier alpha value is -2.58. The molecule has 0 aliphatic carbocycles. The van der Waals surface area contributed by atoms with Crippen molar-refractivity contribution in [1.82, 2.24) is 5.32 Å². The van der Waals surface area contributed by atoms with E-state index in [0.717, 1.165) is 13.8 Å². The van der Waals surface area contributed by atoms with E-state index in [1.165, 1.54) is 24.3 Å². The second-order valence-electron chi connectivity index (χ2n) is 6.08. The molecule has 0 fully saturated rings. The molecule has 0 atom stereocenters. The van der Waals surface area contributed by atoms with Crippen LogP contribution in [0.3, 0.4) is 0 Å². The number of carbonyl (C=O) groups excluding carboxylic acids is 2. The molecule has 3 N–H and O–H groups in total. The van der Waals surface area contributed by atoms with E-state index in [-0.39, 0.29) is 24.2 Å². The van der Waals surface area contributed by atoms with Gasteiger partial charge in [-0.2, -0.15) is 13.2 Å². The highest BCUT2D eigenvalue weighted by molar-refractivity contribution is 5.96. The molecule has 0 unspecified atom stereocenters.